The molecule has 46 heavy (non-hydrogen) atoms. The molecule has 240 valence electrons. The number of nitrogens with one attached hydrogen (secondary N) is 2. The fourth-order valence-corrected chi connectivity index (χ4v) is 6.59. The molecule has 3 aliphatic rings. The van der Waals surface area contributed by atoms with Gasteiger partial charge in [-0.1, -0.05) is 18.7 Å². The molecule has 2 aromatic carbocycles. The Morgan fingerprint density at radius 3 is 2.72 bits per heavy atom. The summed E-state index contributed by atoms with van der Waals surface area (Å²) in [6, 6.07) is 16.2. The molecule has 0 bridgehead atoms. The van der Waals surface area contributed by atoms with Crippen LogP contribution in [0.25, 0.3) is 0 Å². The first-order valence-electron chi connectivity index (χ1n) is 15.7. The predicted octanol–water partition coefficient (Wildman–Crippen LogP) is 4.80. The van der Waals surface area contributed by atoms with E-state index >= 15 is 0 Å². The van der Waals surface area contributed by atoms with Gasteiger partial charge >= 0.3 is 0 Å². The van der Waals surface area contributed by atoms with Crippen LogP contribution < -0.4 is 25.3 Å². The van der Waals surface area contributed by atoms with Crippen LogP contribution in [0.4, 0.5) is 28.7 Å². The van der Waals surface area contributed by atoms with E-state index in [1.54, 1.807) is 24.3 Å². The number of hydrogen-bond donors (Lipinski definition) is 2. The Morgan fingerprint density at radius 1 is 1.11 bits per heavy atom. The third-order valence-electron chi connectivity index (χ3n) is 8.90. The van der Waals surface area contributed by atoms with E-state index < -0.39 is 0 Å². The number of benzene rings is 2. The molecular weight excluding hydrogens is 584 g/mol. The number of morpholine rings is 1. The van der Waals surface area contributed by atoms with Gasteiger partial charge in [0.05, 0.1) is 61.7 Å². The van der Waals surface area contributed by atoms with Gasteiger partial charge in [0.2, 0.25) is 5.91 Å². The average Bonchev–Trinajstić information content (AvgIpc) is 3.59. The Kier molecular flexibility index (Phi) is 9.63. The zero-order valence-electron chi connectivity index (χ0n) is 26.3. The van der Waals surface area contributed by atoms with E-state index in [0.717, 1.165) is 63.4 Å². The van der Waals surface area contributed by atoms with E-state index in [1.807, 2.05) is 30.3 Å². The van der Waals surface area contributed by atoms with Crippen molar-refractivity contribution in [3.05, 3.63) is 72.6 Å². The largest absolute Gasteiger partial charge is 0.494 e. The van der Waals surface area contributed by atoms with E-state index in [-0.39, 0.29) is 11.9 Å². The molecule has 3 fully saturated rings. The molecule has 0 spiro atoms. The molecule has 0 radical (unpaired) electrons. The highest BCUT2D eigenvalue weighted by Gasteiger charge is 2.32. The summed E-state index contributed by atoms with van der Waals surface area (Å²) in [4.78, 5) is 32.3. The smallest absolute Gasteiger partial charge is 0.247 e. The van der Waals surface area contributed by atoms with Crippen molar-refractivity contribution in [2.45, 2.75) is 44.3 Å². The number of aromatic nitrogens is 2. The molecule has 0 saturated carbocycles. The molecule has 2 unspecified atom stereocenters. The molecule has 3 aliphatic heterocycles. The Balaban J connectivity index is 1.24. The van der Waals surface area contributed by atoms with Crippen molar-refractivity contribution >= 4 is 34.6 Å². The maximum absolute atomic E-state index is 12.5. The molecule has 6 rings (SSSR count). The lowest BCUT2D eigenvalue weighted by Gasteiger charge is -2.44. The first-order chi connectivity index (χ1) is 22.5. The number of nitrogens with zero attached hydrogens (tertiary/aromatic N) is 6. The summed E-state index contributed by atoms with van der Waals surface area (Å²) in [6.07, 6.45) is 5.54. The van der Waals surface area contributed by atoms with Crippen LogP contribution in [0.15, 0.2) is 61.4 Å². The average molecular weight is 625 g/mol. The second-order valence-corrected chi connectivity index (χ2v) is 11.7. The van der Waals surface area contributed by atoms with Crippen molar-refractivity contribution in [2.75, 3.05) is 67.2 Å². The van der Waals surface area contributed by atoms with E-state index in [1.165, 1.54) is 12.4 Å². The van der Waals surface area contributed by atoms with Gasteiger partial charge in [-0.25, -0.2) is 15.0 Å². The van der Waals surface area contributed by atoms with Gasteiger partial charge in [-0.2, -0.15) is 5.26 Å². The van der Waals surface area contributed by atoms with Gasteiger partial charge in [0, 0.05) is 50.3 Å². The van der Waals surface area contributed by atoms with Gasteiger partial charge in [-0.05, 0) is 49.6 Å². The minimum Gasteiger partial charge on any atom is -0.494 e. The summed E-state index contributed by atoms with van der Waals surface area (Å²) in [5, 5.41) is 17.5. The molecule has 12 nitrogen and oxygen atoms in total. The van der Waals surface area contributed by atoms with Crippen LogP contribution in [-0.4, -0.2) is 79.4 Å². The van der Waals surface area contributed by atoms with E-state index in [2.05, 4.69) is 50.0 Å². The number of rotatable bonds is 9. The standard InChI is InChI=1S/C34H40N8O4/c1-4-34(43)39-27-17-28(31(44-3)18-30(27)40-11-8-26(9-12-40)41-13-15-45-21-23(41)2)38-32-19-33(37-22-36-32)42-29(10-14-46-42)25-7-5-6-24(16-25)20-35/h4-7,16-19,22-23,26,29H,1,8-15,21H2,2-3H3,(H,39,43)(H,36,37,38). The van der Waals surface area contributed by atoms with Gasteiger partial charge in [0.1, 0.15) is 17.9 Å². The van der Waals surface area contributed by atoms with Crippen molar-refractivity contribution in [1.82, 2.24) is 14.9 Å². The van der Waals surface area contributed by atoms with Crippen LogP contribution in [0.5, 0.6) is 5.75 Å². The van der Waals surface area contributed by atoms with Gasteiger partial charge in [-0.15, -0.1) is 0 Å². The van der Waals surface area contributed by atoms with Crippen LogP contribution in [0.2, 0.25) is 0 Å². The normalized spacial score (nSPS) is 20.6. The van der Waals surface area contributed by atoms with Gasteiger partial charge in [-0.3, -0.25) is 14.5 Å². The zero-order chi connectivity index (χ0) is 32.0. The topological polar surface area (TPSA) is 128 Å². The van der Waals surface area contributed by atoms with Crippen LogP contribution in [0.3, 0.4) is 0 Å². The van der Waals surface area contributed by atoms with Gasteiger partial charge in [0.15, 0.2) is 5.82 Å². The number of piperidine rings is 1. The molecule has 4 heterocycles. The summed E-state index contributed by atoms with van der Waals surface area (Å²) in [6.45, 7) is 10.6. The molecule has 1 aromatic heterocycles. The number of ether oxygens (including phenoxy) is 2. The van der Waals surface area contributed by atoms with Crippen molar-refractivity contribution < 1.29 is 19.1 Å². The van der Waals surface area contributed by atoms with Crippen molar-refractivity contribution in [1.29, 1.82) is 5.26 Å². The third kappa shape index (κ3) is 6.77. The van der Waals surface area contributed by atoms with Crippen molar-refractivity contribution in [3.63, 3.8) is 0 Å². The van der Waals surface area contributed by atoms with Crippen molar-refractivity contribution in [3.8, 4) is 11.8 Å². The number of methoxy groups -OCH3 is 1. The number of hydroxylamine groups is 1. The first-order valence-corrected chi connectivity index (χ1v) is 15.7. The quantitative estimate of drug-likeness (QED) is 0.319. The van der Waals surface area contributed by atoms with Crippen LogP contribution in [0.1, 0.15) is 43.4 Å². The Morgan fingerprint density at radius 2 is 1.96 bits per heavy atom. The molecule has 3 aromatic rings. The molecule has 2 atom stereocenters. The highest BCUT2D eigenvalue weighted by molar-refractivity contribution is 6.02. The summed E-state index contributed by atoms with van der Waals surface area (Å²) in [5.41, 5.74) is 3.75. The second kappa shape index (κ2) is 14.2. The Labute approximate surface area is 269 Å². The van der Waals surface area contributed by atoms with E-state index in [4.69, 9.17) is 14.3 Å². The summed E-state index contributed by atoms with van der Waals surface area (Å²) in [5.74, 6) is 1.42. The lowest BCUT2D eigenvalue weighted by atomic mass is 10.00. The van der Waals surface area contributed by atoms with Crippen LogP contribution in [0, 0.1) is 11.3 Å². The number of anilines is 5. The fourth-order valence-electron chi connectivity index (χ4n) is 6.59. The van der Waals surface area contributed by atoms with E-state index in [0.29, 0.717) is 53.0 Å². The summed E-state index contributed by atoms with van der Waals surface area (Å²) in [7, 11) is 1.63. The number of nitriles is 1. The monoisotopic (exact) mass is 624 g/mol. The van der Waals surface area contributed by atoms with E-state index in [9.17, 15) is 10.1 Å². The molecule has 3 saturated heterocycles. The van der Waals surface area contributed by atoms with Gasteiger partial charge in [0.25, 0.3) is 0 Å². The minimum atomic E-state index is -0.295. The zero-order valence-corrected chi connectivity index (χ0v) is 26.3. The predicted molar refractivity (Wildman–Crippen MR) is 176 cm³/mol. The molecule has 1 amide bonds. The number of carbonyl (C=O) groups is 1. The number of carbonyl (C=O) groups excluding carboxylic acids is 1. The number of amides is 1. The molecule has 0 aliphatic carbocycles. The highest BCUT2D eigenvalue weighted by Crippen LogP contribution is 2.41. The Bertz CT molecular complexity index is 1600. The molecule has 2 N–H and O–H groups in total. The summed E-state index contributed by atoms with van der Waals surface area (Å²) >= 11 is 0. The summed E-state index contributed by atoms with van der Waals surface area (Å²) < 4.78 is 11.5. The van der Waals surface area contributed by atoms with Crippen molar-refractivity contribution in [2.24, 2.45) is 0 Å². The lowest BCUT2D eigenvalue weighted by Crippen LogP contribution is -2.53. The third-order valence-corrected chi connectivity index (χ3v) is 8.90. The highest BCUT2D eigenvalue weighted by atomic mass is 16.7. The number of hydrogen-bond acceptors (Lipinski definition) is 11. The lowest BCUT2D eigenvalue weighted by molar-refractivity contribution is -0.111. The maximum atomic E-state index is 12.5. The maximum Gasteiger partial charge on any atom is 0.247 e. The minimum absolute atomic E-state index is 0.0961. The fraction of sp³-hybridized carbons (Fsp3) is 0.412. The van der Waals surface area contributed by atoms with Gasteiger partial charge < -0.3 is 25.0 Å². The Hall–Kier alpha value is -4.70. The second-order valence-electron chi connectivity index (χ2n) is 11.7. The van der Waals surface area contributed by atoms with Crippen LogP contribution >= 0.6 is 0 Å². The van der Waals surface area contributed by atoms with Crippen LogP contribution in [-0.2, 0) is 14.4 Å². The first kappa shape index (κ1) is 31.3. The molecule has 12 heteroatoms. The molecular formula is C34H40N8O4. The SMILES string of the molecule is C=CC(=O)Nc1cc(Nc2cc(N3OCCC3c3cccc(C#N)c3)ncn2)c(OC)cc1N1CCC(N2CCOCC2C)CC1.